The van der Waals surface area contributed by atoms with E-state index in [-0.39, 0.29) is 5.54 Å². The summed E-state index contributed by atoms with van der Waals surface area (Å²) in [7, 11) is 0. The standard InChI is InChI=1S/C13H14Cl2N2OS/c14-9-1-2-11(10(15)7-9)16-12-17-13(8-19-12)3-5-18-6-4-13/h1-2,7H,3-6,8H2,(H,16,17). The van der Waals surface area contributed by atoms with E-state index in [4.69, 9.17) is 32.9 Å². The number of nitrogens with zero attached hydrogens (tertiary/aromatic N) is 1. The first kappa shape index (κ1) is 13.6. The molecule has 0 aliphatic carbocycles. The van der Waals surface area contributed by atoms with Gasteiger partial charge in [-0.1, -0.05) is 35.0 Å². The first-order chi connectivity index (χ1) is 9.17. The number of ether oxygens (including phenoxy) is 1. The zero-order valence-electron chi connectivity index (χ0n) is 10.3. The quantitative estimate of drug-likeness (QED) is 0.848. The lowest BCUT2D eigenvalue weighted by molar-refractivity contribution is 0.0624. The molecule has 19 heavy (non-hydrogen) atoms. The normalized spacial score (nSPS) is 21.5. The number of hydrogen-bond acceptors (Lipinski definition) is 4. The van der Waals surface area contributed by atoms with Crippen molar-refractivity contribution in [1.82, 2.24) is 0 Å². The molecule has 1 saturated heterocycles. The molecule has 1 N–H and O–H groups in total. The highest BCUT2D eigenvalue weighted by Gasteiger charge is 2.37. The minimum Gasteiger partial charge on any atom is -0.381 e. The van der Waals surface area contributed by atoms with Crippen LogP contribution in [0.4, 0.5) is 5.69 Å². The van der Waals surface area contributed by atoms with E-state index in [2.05, 4.69) is 5.32 Å². The van der Waals surface area contributed by atoms with Gasteiger partial charge in [0.15, 0.2) is 5.17 Å². The Morgan fingerprint density at radius 2 is 2.05 bits per heavy atom. The zero-order chi connectivity index (χ0) is 13.3. The summed E-state index contributed by atoms with van der Waals surface area (Å²) in [5.74, 6) is 1.02. The number of aliphatic imine (C=N–C) groups is 1. The minimum atomic E-state index is 0.0597. The summed E-state index contributed by atoms with van der Waals surface area (Å²) in [5.41, 5.74) is 0.908. The fourth-order valence-electron chi connectivity index (χ4n) is 2.26. The van der Waals surface area contributed by atoms with Crippen LogP contribution < -0.4 is 5.32 Å². The lowest BCUT2D eigenvalue weighted by atomic mass is 9.93. The predicted molar refractivity (Wildman–Crippen MR) is 82.8 cm³/mol. The van der Waals surface area contributed by atoms with Gasteiger partial charge in [0.1, 0.15) is 0 Å². The van der Waals surface area contributed by atoms with Gasteiger partial charge < -0.3 is 10.1 Å². The summed E-state index contributed by atoms with van der Waals surface area (Å²) in [5, 5.41) is 5.48. The first-order valence-corrected chi connectivity index (χ1v) is 7.94. The Labute approximate surface area is 126 Å². The third kappa shape index (κ3) is 3.02. The summed E-state index contributed by atoms with van der Waals surface area (Å²) in [6.45, 7) is 1.61. The number of anilines is 1. The molecule has 2 aliphatic heterocycles. The third-order valence-corrected chi connectivity index (χ3v) is 5.11. The average molecular weight is 317 g/mol. The van der Waals surface area contributed by atoms with Crippen LogP contribution >= 0.6 is 35.0 Å². The highest BCUT2D eigenvalue weighted by atomic mass is 35.5. The maximum absolute atomic E-state index is 6.15. The van der Waals surface area contributed by atoms with Crippen molar-refractivity contribution in [2.75, 3.05) is 24.3 Å². The predicted octanol–water partition coefficient (Wildman–Crippen LogP) is 4.06. The highest BCUT2D eigenvalue weighted by molar-refractivity contribution is 8.14. The van der Waals surface area contributed by atoms with Gasteiger partial charge in [-0.25, -0.2) is 0 Å². The zero-order valence-corrected chi connectivity index (χ0v) is 12.6. The largest absolute Gasteiger partial charge is 0.381 e. The number of rotatable bonds is 1. The van der Waals surface area contributed by atoms with Crippen LogP contribution in [0.15, 0.2) is 23.2 Å². The monoisotopic (exact) mass is 316 g/mol. The Hall–Kier alpha value is -0.420. The van der Waals surface area contributed by atoms with Gasteiger partial charge in [0.25, 0.3) is 0 Å². The molecular weight excluding hydrogens is 303 g/mol. The Kier molecular flexibility index (Phi) is 3.94. The van der Waals surface area contributed by atoms with Crippen LogP contribution in [0.2, 0.25) is 10.0 Å². The molecule has 102 valence electrons. The van der Waals surface area contributed by atoms with Crippen molar-refractivity contribution < 1.29 is 4.74 Å². The van der Waals surface area contributed by atoms with Gasteiger partial charge in [0.2, 0.25) is 0 Å². The van der Waals surface area contributed by atoms with Crippen LogP contribution in [0, 0.1) is 0 Å². The molecule has 1 fully saturated rings. The molecule has 6 heteroatoms. The number of nitrogens with one attached hydrogen (secondary N) is 1. The van der Waals surface area contributed by atoms with Crippen molar-refractivity contribution in [3.05, 3.63) is 28.2 Å². The second-order valence-corrected chi connectivity index (χ2v) is 6.60. The van der Waals surface area contributed by atoms with Gasteiger partial charge in [0.05, 0.1) is 16.2 Å². The van der Waals surface area contributed by atoms with Crippen molar-refractivity contribution in [3.63, 3.8) is 0 Å². The van der Waals surface area contributed by atoms with E-state index >= 15 is 0 Å². The second kappa shape index (κ2) is 5.52. The number of benzene rings is 1. The molecule has 3 nitrogen and oxygen atoms in total. The lowest BCUT2D eigenvalue weighted by Gasteiger charge is -2.29. The van der Waals surface area contributed by atoms with Gasteiger partial charge in [-0.2, -0.15) is 0 Å². The van der Waals surface area contributed by atoms with Gasteiger partial charge in [-0.3, -0.25) is 4.99 Å². The van der Waals surface area contributed by atoms with E-state index in [1.807, 2.05) is 12.1 Å². The molecule has 0 unspecified atom stereocenters. The van der Waals surface area contributed by atoms with E-state index in [9.17, 15) is 0 Å². The third-order valence-electron chi connectivity index (χ3n) is 3.41. The molecule has 0 bridgehead atoms. The molecule has 0 aromatic heterocycles. The summed E-state index contributed by atoms with van der Waals surface area (Å²) in [4.78, 5) is 4.83. The van der Waals surface area contributed by atoms with Gasteiger partial charge >= 0.3 is 0 Å². The Balaban J connectivity index is 1.75. The molecule has 1 spiro atoms. The molecule has 0 radical (unpaired) electrons. The molecule has 2 aliphatic rings. The summed E-state index contributed by atoms with van der Waals surface area (Å²) in [6, 6.07) is 5.43. The van der Waals surface area contributed by atoms with E-state index < -0.39 is 0 Å². The topological polar surface area (TPSA) is 33.6 Å². The van der Waals surface area contributed by atoms with Gasteiger partial charge in [-0.15, -0.1) is 0 Å². The smallest absolute Gasteiger partial charge is 0.161 e. The summed E-state index contributed by atoms with van der Waals surface area (Å²) >= 11 is 13.8. The van der Waals surface area contributed by atoms with Crippen LogP contribution in [0.3, 0.4) is 0 Å². The SMILES string of the molecule is Clc1ccc(NC2=NC3(CCOCC3)CS2)c(Cl)c1. The number of hydrogen-bond donors (Lipinski definition) is 1. The van der Waals surface area contributed by atoms with Gasteiger partial charge in [0, 0.05) is 24.0 Å². The van der Waals surface area contributed by atoms with Crippen LogP contribution in [0.1, 0.15) is 12.8 Å². The molecular formula is C13H14Cl2N2OS. The van der Waals surface area contributed by atoms with Crippen LogP contribution in [-0.2, 0) is 4.74 Å². The first-order valence-electron chi connectivity index (χ1n) is 6.19. The highest BCUT2D eigenvalue weighted by Crippen LogP contribution is 2.37. The molecule has 1 aromatic rings. The Morgan fingerprint density at radius 1 is 1.26 bits per heavy atom. The minimum absolute atomic E-state index is 0.0597. The average Bonchev–Trinajstić information content (AvgIpc) is 2.77. The summed E-state index contributed by atoms with van der Waals surface area (Å²) < 4.78 is 5.41. The van der Waals surface area contributed by atoms with Gasteiger partial charge in [-0.05, 0) is 31.0 Å². The van der Waals surface area contributed by atoms with Crippen molar-refractivity contribution >= 4 is 45.8 Å². The van der Waals surface area contributed by atoms with E-state index in [1.54, 1.807) is 17.8 Å². The number of halogens is 2. The molecule has 0 atom stereocenters. The maximum Gasteiger partial charge on any atom is 0.161 e. The molecule has 3 rings (SSSR count). The Morgan fingerprint density at radius 3 is 2.79 bits per heavy atom. The van der Waals surface area contributed by atoms with Crippen molar-refractivity contribution in [1.29, 1.82) is 0 Å². The number of amidine groups is 1. The molecule has 0 amide bonds. The summed E-state index contributed by atoms with van der Waals surface area (Å²) in [6.07, 6.45) is 2.00. The number of thioether (sulfide) groups is 1. The van der Waals surface area contributed by atoms with Crippen LogP contribution in [0.5, 0.6) is 0 Å². The fraction of sp³-hybridized carbons (Fsp3) is 0.462. The molecule has 2 heterocycles. The fourth-order valence-corrected chi connectivity index (χ4v) is 3.91. The van der Waals surface area contributed by atoms with Crippen molar-refractivity contribution in [3.8, 4) is 0 Å². The van der Waals surface area contributed by atoms with Crippen molar-refractivity contribution in [2.24, 2.45) is 4.99 Å². The van der Waals surface area contributed by atoms with E-state index in [1.165, 1.54) is 0 Å². The van der Waals surface area contributed by atoms with Crippen LogP contribution in [-0.4, -0.2) is 29.7 Å². The van der Waals surface area contributed by atoms with Crippen LogP contribution in [0.25, 0.3) is 0 Å². The lowest BCUT2D eigenvalue weighted by Crippen LogP contribution is -2.34. The van der Waals surface area contributed by atoms with Crippen molar-refractivity contribution in [2.45, 2.75) is 18.4 Å². The molecule has 0 saturated carbocycles. The Bertz CT molecular complexity index is 515. The molecule has 1 aromatic carbocycles. The second-order valence-electron chi connectivity index (χ2n) is 4.79. The van der Waals surface area contributed by atoms with E-state index in [0.29, 0.717) is 10.0 Å². The maximum atomic E-state index is 6.15. The van der Waals surface area contributed by atoms with E-state index in [0.717, 1.165) is 42.7 Å².